The average Bonchev–Trinajstić information content (AvgIpc) is 3.14. The molecule has 1 saturated heterocycles. The van der Waals surface area contributed by atoms with Crippen molar-refractivity contribution in [3.63, 3.8) is 0 Å². The minimum atomic E-state index is -3.18. The monoisotopic (exact) mass is 734 g/mol. The Balaban J connectivity index is 1.81. The van der Waals surface area contributed by atoms with Gasteiger partial charge in [-0.1, -0.05) is 116 Å². The van der Waals surface area contributed by atoms with Crippen molar-refractivity contribution >= 4 is 60.1 Å². The molecule has 0 bridgehead atoms. The molecule has 1 N–H and O–H groups in total. The first kappa shape index (κ1) is 38.4. The van der Waals surface area contributed by atoms with Crippen LogP contribution in [0.3, 0.4) is 0 Å². The van der Waals surface area contributed by atoms with Gasteiger partial charge in [-0.2, -0.15) is 0 Å². The van der Waals surface area contributed by atoms with E-state index in [-0.39, 0.29) is 36.0 Å². The normalized spacial score (nSPS) is 16.3. The molecule has 270 valence electrons. The van der Waals surface area contributed by atoms with Gasteiger partial charge in [-0.3, -0.25) is 14.4 Å². The molecule has 1 fully saturated rings. The zero-order chi connectivity index (χ0) is 37.5. The van der Waals surface area contributed by atoms with Crippen LogP contribution in [0.1, 0.15) is 41.0 Å². The largest absolute Gasteiger partial charge is 0.457 e. The van der Waals surface area contributed by atoms with Gasteiger partial charge in [0.25, 0.3) is 5.91 Å². The molecule has 1 aliphatic rings. The molecule has 0 spiro atoms. The number of benzene rings is 4. The van der Waals surface area contributed by atoms with Gasteiger partial charge in [-0.05, 0) is 61.5 Å². The SMILES string of the molecule is C=CCOC(=O)C(N1C(=O)[C@H]([C@@H](C)O[Si](C)(C)C)[C@H]1CC(=O)c1cccc(C(=O)NCC)c1)=P(c1ccccc1)(c1ccccc1)c1ccccc1. The Morgan fingerprint density at radius 2 is 1.37 bits per heavy atom. The van der Waals surface area contributed by atoms with E-state index in [1.807, 2.05) is 105 Å². The lowest BCUT2D eigenvalue weighted by Gasteiger charge is -2.52. The van der Waals surface area contributed by atoms with Crippen LogP contribution in [0.4, 0.5) is 0 Å². The summed E-state index contributed by atoms with van der Waals surface area (Å²) in [6.45, 7) is 10.8. The molecule has 0 radical (unpaired) electrons. The fraction of sp³-hybridized carbons (Fsp3) is 0.262. The quantitative estimate of drug-likeness (QED) is 0.0406. The van der Waals surface area contributed by atoms with Crippen LogP contribution in [-0.2, 0) is 18.8 Å². The van der Waals surface area contributed by atoms with E-state index < -0.39 is 39.2 Å². The van der Waals surface area contributed by atoms with Crippen LogP contribution >= 0.6 is 6.89 Å². The van der Waals surface area contributed by atoms with Gasteiger partial charge in [0.2, 0.25) is 5.91 Å². The van der Waals surface area contributed by atoms with Crippen molar-refractivity contribution in [3.8, 4) is 0 Å². The van der Waals surface area contributed by atoms with Crippen molar-refractivity contribution < 1.29 is 28.3 Å². The molecule has 4 aromatic rings. The number of amides is 2. The molecule has 52 heavy (non-hydrogen) atoms. The van der Waals surface area contributed by atoms with Crippen molar-refractivity contribution in [2.45, 2.75) is 52.1 Å². The highest BCUT2D eigenvalue weighted by Gasteiger charge is 2.56. The molecule has 8 nitrogen and oxygen atoms in total. The topological polar surface area (TPSA) is 102 Å². The highest BCUT2D eigenvalue weighted by molar-refractivity contribution is 7.96. The Morgan fingerprint density at radius 3 is 1.85 bits per heavy atom. The number of hydrogen-bond donors (Lipinski definition) is 1. The van der Waals surface area contributed by atoms with E-state index in [2.05, 4.69) is 31.5 Å². The third kappa shape index (κ3) is 7.97. The number of carbonyl (C=O) groups is 4. The van der Waals surface area contributed by atoms with E-state index in [4.69, 9.17) is 9.16 Å². The molecular weight excluding hydrogens is 688 g/mol. The first-order chi connectivity index (χ1) is 24.9. The minimum Gasteiger partial charge on any atom is -0.457 e. The smallest absolute Gasteiger partial charge is 0.356 e. The average molecular weight is 735 g/mol. The molecule has 1 heterocycles. The number of β-lactam (4-membered cyclic amide) rings is 1. The van der Waals surface area contributed by atoms with Gasteiger partial charge in [0.15, 0.2) is 14.1 Å². The lowest BCUT2D eigenvalue weighted by molar-refractivity contribution is -0.156. The summed E-state index contributed by atoms with van der Waals surface area (Å²) in [7, 11) is -2.14. The van der Waals surface area contributed by atoms with E-state index in [0.29, 0.717) is 17.7 Å². The van der Waals surface area contributed by atoms with Gasteiger partial charge < -0.3 is 19.4 Å². The van der Waals surface area contributed by atoms with Crippen LogP contribution in [0, 0.1) is 5.92 Å². The second-order valence-electron chi connectivity index (χ2n) is 13.7. The van der Waals surface area contributed by atoms with Crippen LogP contribution < -0.4 is 21.2 Å². The Morgan fingerprint density at radius 1 is 0.846 bits per heavy atom. The van der Waals surface area contributed by atoms with E-state index in [0.717, 1.165) is 15.9 Å². The van der Waals surface area contributed by atoms with Crippen LogP contribution in [0.25, 0.3) is 0 Å². The number of nitrogens with zero attached hydrogens (tertiary/aromatic N) is 1. The van der Waals surface area contributed by atoms with E-state index in [9.17, 15) is 19.2 Å². The third-order valence-corrected chi connectivity index (χ3v) is 14.3. The van der Waals surface area contributed by atoms with Crippen molar-refractivity contribution in [2.75, 3.05) is 13.2 Å². The van der Waals surface area contributed by atoms with Crippen LogP contribution in [0.5, 0.6) is 0 Å². The van der Waals surface area contributed by atoms with Gasteiger partial charge in [0.05, 0.1) is 18.1 Å². The van der Waals surface area contributed by atoms with E-state index >= 15 is 0 Å². The standard InChI is InChI=1S/C42H47N2O6PSi/c1-7-27-49-42(48)41(51(33-21-12-9-13-22-33,34-23-14-10-15-24-34)35-25-16-11-17-26-35)44-36(38(40(44)47)30(3)50-52(4,5)6)29-37(45)31-19-18-20-32(28-31)39(46)43-8-2/h7,9-26,28,30,36,38H,1,8,27,29H2,2-6H3,(H,43,46)/t30-,36-,38-/m1/s1. The molecule has 1 aliphatic heterocycles. The molecule has 5 rings (SSSR count). The highest BCUT2D eigenvalue weighted by atomic mass is 31.2. The van der Waals surface area contributed by atoms with Crippen LogP contribution in [-0.4, -0.2) is 67.5 Å². The number of carbonyl (C=O) groups excluding carboxylic acids is 4. The zero-order valence-electron chi connectivity index (χ0n) is 30.5. The molecule has 10 heteroatoms. The summed E-state index contributed by atoms with van der Waals surface area (Å²) >= 11 is 0. The Labute approximate surface area is 308 Å². The van der Waals surface area contributed by atoms with E-state index in [1.165, 1.54) is 11.0 Å². The van der Waals surface area contributed by atoms with Crippen molar-refractivity contribution in [1.82, 2.24) is 10.2 Å². The highest BCUT2D eigenvalue weighted by Crippen LogP contribution is 2.50. The summed E-state index contributed by atoms with van der Waals surface area (Å²) in [5, 5.41) is 5.32. The van der Waals surface area contributed by atoms with Gasteiger partial charge in [0.1, 0.15) is 12.0 Å². The summed E-state index contributed by atoms with van der Waals surface area (Å²) in [6.07, 6.45) is 0.861. The Hall–Kier alpha value is -4.82. The lowest BCUT2D eigenvalue weighted by atomic mass is 9.79. The molecule has 0 aromatic heterocycles. The number of esters is 1. The molecule has 0 unspecified atom stereocenters. The number of Topliss-reactive ketones (excluding diaryl/α,β-unsaturated/α-hetero) is 1. The zero-order valence-corrected chi connectivity index (χ0v) is 32.3. The van der Waals surface area contributed by atoms with Gasteiger partial charge >= 0.3 is 5.97 Å². The molecule has 0 saturated carbocycles. The molecular formula is C42H47N2O6PSi. The maximum absolute atomic E-state index is 14.9. The fourth-order valence-corrected chi connectivity index (χ4v) is 12.6. The molecule has 0 aliphatic carbocycles. The summed E-state index contributed by atoms with van der Waals surface area (Å²) in [6, 6.07) is 35.1. The van der Waals surface area contributed by atoms with Crippen LogP contribution in [0.2, 0.25) is 19.6 Å². The summed E-state index contributed by atoms with van der Waals surface area (Å²) in [5.74, 6) is -2.23. The molecule has 2 amide bonds. The number of rotatable bonds is 15. The summed E-state index contributed by atoms with van der Waals surface area (Å²) in [4.78, 5) is 58.2. The Bertz CT molecular complexity index is 1870. The molecule has 3 atom stereocenters. The Kier molecular flexibility index (Phi) is 12.3. The maximum atomic E-state index is 14.9. The second-order valence-corrected chi connectivity index (χ2v) is 21.5. The lowest BCUT2D eigenvalue weighted by Crippen LogP contribution is -2.69. The van der Waals surface area contributed by atoms with Gasteiger partial charge in [0, 0.05) is 31.0 Å². The van der Waals surface area contributed by atoms with Crippen LogP contribution in [0.15, 0.2) is 128 Å². The first-order valence-corrected chi connectivity index (χ1v) is 22.8. The number of likely N-dealkylation sites (tertiary alicyclic amines) is 1. The van der Waals surface area contributed by atoms with Gasteiger partial charge in [-0.25, -0.2) is 4.79 Å². The first-order valence-electron chi connectivity index (χ1n) is 17.6. The predicted octanol–water partition coefficient (Wildman–Crippen LogP) is 5.93. The van der Waals surface area contributed by atoms with Crippen molar-refractivity contribution in [1.29, 1.82) is 0 Å². The van der Waals surface area contributed by atoms with Gasteiger partial charge in [-0.15, -0.1) is 0 Å². The maximum Gasteiger partial charge on any atom is 0.356 e. The fourth-order valence-electron chi connectivity index (χ4n) is 6.96. The number of ketones is 1. The number of hydrogen-bond acceptors (Lipinski definition) is 6. The number of ether oxygens (including phenoxy) is 1. The third-order valence-electron chi connectivity index (χ3n) is 8.98. The predicted molar refractivity (Wildman–Crippen MR) is 213 cm³/mol. The van der Waals surface area contributed by atoms with Crippen molar-refractivity contribution in [2.24, 2.45) is 5.92 Å². The van der Waals surface area contributed by atoms with Crippen molar-refractivity contribution in [3.05, 3.63) is 139 Å². The van der Waals surface area contributed by atoms with E-state index in [1.54, 1.807) is 24.3 Å². The summed E-state index contributed by atoms with van der Waals surface area (Å²) in [5.41, 5.74) is 0.892. The second kappa shape index (κ2) is 16.7. The minimum absolute atomic E-state index is 0.0719. The number of nitrogens with one attached hydrogen (secondary N) is 1. The molecule has 4 aromatic carbocycles. The summed E-state index contributed by atoms with van der Waals surface area (Å²) < 4.78 is 12.4.